The van der Waals surface area contributed by atoms with E-state index in [0.29, 0.717) is 13.2 Å². The van der Waals surface area contributed by atoms with E-state index in [1.165, 1.54) is 0 Å². The fourth-order valence-electron chi connectivity index (χ4n) is 1.42. The number of aromatic nitrogens is 1. The highest BCUT2D eigenvalue weighted by Gasteiger charge is 2.13. The molecular formula is C11H17NO3. The van der Waals surface area contributed by atoms with Crippen molar-refractivity contribution >= 4 is 0 Å². The molecule has 2 heterocycles. The number of hydrogen-bond donors (Lipinski definition) is 0. The Morgan fingerprint density at radius 3 is 2.53 bits per heavy atom. The van der Waals surface area contributed by atoms with Crippen molar-refractivity contribution in [3.05, 3.63) is 12.4 Å². The summed E-state index contributed by atoms with van der Waals surface area (Å²) < 4.78 is 12.7. The van der Waals surface area contributed by atoms with Crippen molar-refractivity contribution in [2.75, 3.05) is 19.8 Å². The van der Waals surface area contributed by atoms with Crippen molar-refractivity contribution in [2.45, 2.75) is 26.2 Å². The van der Waals surface area contributed by atoms with Crippen LogP contribution in [0, 0.1) is 0 Å². The molecule has 0 bridgehead atoms. The van der Waals surface area contributed by atoms with E-state index in [1.807, 2.05) is 12.4 Å². The van der Waals surface area contributed by atoms with Gasteiger partial charge in [0, 0.05) is 6.42 Å². The Labute approximate surface area is 89.7 Å². The molecule has 84 valence electrons. The van der Waals surface area contributed by atoms with Crippen molar-refractivity contribution in [3.8, 4) is 11.5 Å². The molecule has 0 N–H and O–H groups in total. The summed E-state index contributed by atoms with van der Waals surface area (Å²) in [4.78, 5) is 5.50. The van der Waals surface area contributed by atoms with Crippen molar-refractivity contribution in [2.24, 2.45) is 0 Å². The molecule has 0 spiro atoms. The van der Waals surface area contributed by atoms with Crippen LogP contribution in [0.5, 0.6) is 11.5 Å². The second-order valence-corrected chi connectivity index (χ2v) is 3.58. The highest BCUT2D eigenvalue weighted by atomic mass is 16.7. The molecule has 15 heavy (non-hydrogen) atoms. The summed E-state index contributed by atoms with van der Waals surface area (Å²) in [6.45, 7) is 4.29. The van der Waals surface area contributed by atoms with Crippen LogP contribution in [0.1, 0.15) is 26.2 Å². The molecule has 4 nitrogen and oxygen atoms in total. The first kappa shape index (κ1) is 10.2. The van der Waals surface area contributed by atoms with Crippen LogP contribution in [-0.4, -0.2) is 24.6 Å². The van der Waals surface area contributed by atoms with Crippen LogP contribution in [-0.2, 0) is 0 Å². The predicted molar refractivity (Wildman–Crippen MR) is 56.4 cm³/mol. The lowest BCUT2D eigenvalue weighted by atomic mass is 10.4. The van der Waals surface area contributed by atoms with Crippen LogP contribution in [0.15, 0.2) is 12.4 Å². The van der Waals surface area contributed by atoms with Gasteiger partial charge in [0.15, 0.2) is 11.5 Å². The zero-order chi connectivity index (χ0) is 10.5. The SMILES string of the molecule is CCCCOn1cc2c(c1)OCCCO2. The van der Waals surface area contributed by atoms with Gasteiger partial charge in [-0.05, 0) is 6.42 Å². The van der Waals surface area contributed by atoms with Gasteiger partial charge in [-0.3, -0.25) is 0 Å². The summed E-state index contributed by atoms with van der Waals surface area (Å²) in [5, 5.41) is 0. The maximum absolute atomic E-state index is 5.51. The van der Waals surface area contributed by atoms with Crippen LogP contribution in [0.25, 0.3) is 0 Å². The van der Waals surface area contributed by atoms with Gasteiger partial charge in [0.1, 0.15) is 6.61 Å². The first-order valence-electron chi connectivity index (χ1n) is 5.51. The van der Waals surface area contributed by atoms with Gasteiger partial charge in [-0.25, -0.2) is 0 Å². The minimum absolute atomic E-state index is 0.714. The third kappa shape index (κ3) is 2.58. The third-order valence-corrected chi connectivity index (χ3v) is 2.27. The molecule has 4 heteroatoms. The quantitative estimate of drug-likeness (QED) is 0.713. The van der Waals surface area contributed by atoms with E-state index >= 15 is 0 Å². The molecule has 0 aliphatic carbocycles. The van der Waals surface area contributed by atoms with Crippen LogP contribution in [0.4, 0.5) is 0 Å². The summed E-state index contributed by atoms with van der Waals surface area (Å²) in [5.41, 5.74) is 0. The molecule has 0 aromatic carbocycles. The van der Waals surface area contributed by atoms with Crippen molar-refractivity contribution in [3.63, 3.8) is 0 Å². The summed E-state index contributed by atoms with van der Waals surface area (Å²) in [6, 6.07) is 0. The smallest absolute Gasteiger partial charge is 0.182 e. The standard InChI is InChI=1S/C11H17NO3/c1-2-3-7-15-12-8-10-11(9-12)14-6-4-5-13-10/h8-9H,2-7H2,1H3. The van der Waals surface area contributed by atoms with Crippen LogP contribution in [0.3, 0.4) is 0 Å². The lowest BCUT2D eigenvalue weighted by molar-refractivity contribution is 0.106. The molecule has 0 radical (unpaired) electrons. The largest absolute Gasteiger partial charge is 0.488 e. The summed E-state index contributed by atoms with van der Waals surface area (Å²) in [7, 11) is 0. The third-order valence-electron chi connectivity index (χ3n) is 2.27. The number of unbranched alkanes of at least 4 members (excludes halogenated alkanes) is 1. The Morgan fingerprint density at radius 2 is 1.93 bits per heavy atom. The van der Waals surface area contributed by atoms with Gasteiger partial charge in [-0.1, -0.05) is 13.3 Å². The first-order valence-corrected chi connectivity index (χ1v) is 5.51. The van der Waals surface area contributed by atoms with E-state index < -0.39 is 0 Å². The molecule has 0 unspecified atom stereocenters. The average molecular weight is 211 g/mol. The molecule has 1 aromatic rings. The zero-order valence-electron chi connectivity index (χ0n) is 9.07. The van der Waals surface area contributed by atoms with Gasteiger partial charge in [0.05, 0.1) is 25.6 Å². The van der Waals surface area contributed by atoms with E-state index in [1.54, 1.807) is 4.73 Å². The normalized spacial score (nSPS) is 14.7. The summed E-state index contributed by atoms with van der Waals surface area (Å²) in [6.07, 6.45) is 6.79. The second-order valence-electron chi connectivity index (χ2n) is 3.58. The van der Waals surface area contributed by atoms with E-state index in [-0.39, 0.29) is 0 Å². The Morgan fingerprint density at radius 1 is 1.27 bits per heavy atom. The lowest BCUT2D eigenvalue weighted by Crippen LogP contribution is -2.10. The topological polar surface area (TPSA) is 32.6 Å². The maximum atomic E-state index is 5.51. The molecule has 0 fully saturated rings. The van der Waals surface area contributed by atoms with Gasteiger partial charge < -0.3 is 14.3 Å². The zero-order valence-corrected chi connectivity index (χ0v) is 9.07. The number of nitrogens with zero attached hydrogens (tertiary/aromatic N) is 1. The number of hydrogen-bond acceptors (Lipinski definition) is 3. The summed E-state index contributed by atoms with van der Waals surface area (Å²) >= 11 is 0. The minimum atomic E-state index is 0.714. The van der Waals surface area contributed by atoms with Crippen LogP contribution < -0.4 is 14.3 Å². The van der Waals surface area contributed by atoms with Gasteiger partial charge in [-0.15, -0.1) is 0 Å². The Bertz CT molecular complexity index is 285. The van der Waals surface area contributed by atoms with E-state index in [9.17, 15) is 0 Å². The second kappa shape index (κ2) is 4.96. The predicted octanol–water partition coefficient (Wildman–Crippen LogP) is 1.88. The lowest BCUT2D eigenvalue weighted by Gasteiger charge is -2.04. The molecule has 2 rings (SSSR count). The maximum Gasteiger partial charge on any atom is 0.182 e. The Kier molecular flexibility index (Phi) is 3.37. The fourth-order valence-corrected chi connectivity index (χ4v) is 1.42. The fraction of sp³-hybridized carbons (Fsp3) is 0.636. The highest BCUT2D eigenvalue weighted by Crippen LogP contribution is 2.29. The molecule has 0 amide bonds. The average Bonchev–Trinajstić information content (AvgIpc) is 2.49. The van der Waals surface area contributed by atoms with Gasteiger partial charge in [0.2, 0.25) is 0 Å². The van der Waals surface area contributed by atoms with Crippen molar-refractivity contribution < 1.29 is 14.3 Å². The molecule has 0 atom stereocenters. The summed E-state index contributed by atoms with van der Waals surface area (Å²) in [5.74, 6) is 1.56. The number of fused-ring (bicyclic) bond motifs is 1. The molecule has 0 saturated heterocycles. The Balaban J connectivity index is 1.96. The van der Waals surface area contributed by atoms with Crippen LogP contribution in [0.2, 0.25) is 0 Å². The van der Waals surface area contributed by atoms with Crippen LogP contribution >= 0.6 is 0 Å². The van der Waals surface area contributed by atoms with Gasteiger partial charge in [0.25, 0.3) is 0 Å². The number of rotatable bonds is 4. The number of ether oxygens (including phenoxy) is 2. The Hall–Kier alpha value is -1.32. The molecule has 1 aromatic heterocycles. The first-order chi connectivity index (χ1) is 7.40. The molecule has 0 saturated carbocycles. The molecular weight excluding hydrogens is 194 g/mol. The van der Waals surface area contributed by atoms with E-state index in [0.717, 1.165) is 37.4 Å². The highest BCUT2D eigenvalue weighted by molar-refractivity contribution is 5.37. The van der Waals surface area contributed by atoms with Gasteiger partial charge in [-0.2, -0.15) is 4.73 Å². The van der Waals surface area contributed by atoms with Gasteiger partial charge >= 0.3 is 0 Å². The molecule has 1 aliphatic rings. The molecule has 1 aliphatic heterocycles. The van der Waals surface area contributed by atoms with E-state index in [2.05, 4.69) is 6.92 Å². The van der Waals surface area contributed by atoms with Crippen molar-refractivity contribution in [1.82, 2.24) is 4.73 Å². The van der Waals surface area contributed by atoms with Crippen molar-refractivity contribution in [1.29, 1.82) is 0 Å². The minimum Gasteiger partial charge on any atom is -0.488 e. The monoisotopic (exact) mass is 211 g/mol. The van der Waals surface area contributed by atoms with E-state index in [4.69, 9.17) is 14.3 Å².